The van der Waals surface area contributed by atoms with Gasteiger partial charge in [-0.05, 0) is 59.7 Å². The number of aromatic nitrogens is 3. The Labute approximate surface area is 205 Å². The molecule has 0 bridgehead atoms. The standard InChI is InChI=1S/C26H33N5O4/c1-25(2,3)34-23(32)30-15-13-29(14-16-30)22-27-12-11-19(28-22)21-17-18-9-7-8-10-20(18)31(21)24(33)35-26(4,5)6/h7-12,17H,13-16H2,1-6H3. The third-order valence-corrected chi connectivity index (χ3v) is 5.41. The van der Waals surface area contributed by atoms with E-state index in [0.29, 0.717) is 43.5 Å². The second-order valence-corrected chi connectivity index (χ2v) is 10.6. The first-order chi connectivity index (χ1) is 16.4. The first-order valence-corrected chi connectivity index (χ1v) is 11.8. The number of hydrogen-bond donors (Lipinski definition) is 0. The Morgan fingerprint density at radius 3 is 2.14 bits per heavy atom. The summed E-state index contributed by atoms with van der Waals surface area (Å²) < 4.78 is 12.7. The minimum absolute atomic E-state index is 0.311. The van der Waals surface area contributed by atoms with Gasteiger partial charge in [0.25, 0.3) is 0 Å². The number of carbonyl (C=O) groups is 2. The fraction of sp³-hybridized carbons (Fsp3) is 0.462. The highest BCUT2D eigenvalue weighted by Crippen LogP contribution is 2.29. The number of carbonyl (C=O) groups excluding carboxylic acids is 2. The molecule has 0 spiro atoms. The van der Waals surface area contributed by atoms with Crippen molar-refractivity contribution in [2.24, 2.45) is 0 Å². The predicted molar refractivity (Wildman–Crippen MR) is 135 cm³/mol. The third-order valence-electron chi connectivity index (χ3n) is 5.41. The van der Waals surface area contributed by atoms with Gasteiger partial charge in [0.05, 0.1) is 16.9 Å². The molecule has 0 unspecified atom stereocenters. The van der Waals surface area contributed by atoms with Crippen LogP contribution in [0.3, 0.4) is 0 Å². The van der Waals surface area contributed by atoms with E-state index in [-0.39, 0.29) is 6.09 Å². The van der Waals surface area contributed by atoms with Crippen molar-refractivity contribution >= 4 is 29.0 Å². The van der Waals surface area contributed by atoms with Gasteiger partial charge < -0.3 is 19.3 Å². The fourth-order valence-corrected chi connectivity index (χ4v) is 3.91. The average Bonchev–Trinajstić information content (AvgIpc) is 3.17. The molecule has 2 aromatic heterocycles. The van der Waals surface area contributed by atoms with Crippen molar-refractivity contribution < 1.29 is 19.1 Å². The summed E-state index contributed by atoms with van der Waals surface area (Å²) in [5.41, 5.74) is 0.842. The van der Waals surface area contributed by atoms with E-state index < -0.39 is 17.3 Å². The lowest BCUT2D eigenvalue weighted by molar-refractivity contribution is 0.0239. The molecule has 0 aliphatic carbocycles. The number of benzene rings is 1. The van der Waals surface area contributed by atoms with E-state index in [0.717, 1.165) is 10.9 Å². The molecule has 1 aromatic carbocycles. The predicted octanol–water partition coefficient (Wildman–Crippen LogP) is 4.94. The minimum atomic E-state index is -0.635. The van der Waals surface area contributed by atoms with Crippen LogP contribution in [0.15, 0.2) is 42.6 Å². The molecule has 35 heavy (non-hydrogen) atoms. The summed E-state index contributed by atoms with van der Waals surface area (Å²) in [5.74, 6) is 0.548. The topological polar surface area (TPSA) is 89.8 Å². The SMILES string of the molecule is CC(C)(C)OC(=O)N1CCN(c2nccc(-c3cc4ccccc4n3C(=O)OC(C)(C)C)n2)CC1. The number of piperazine rings is 1. The summed E-state index contributed by atoms with van der Waals surface area (Å²) >= 11 is 0. The van der Waals surface area contributed by atoms with Crippen molar-refractivity contribution in [2.45, 2.75) is 52.7 Å². The summed E-state index contributed by atoms with van der Waals surface area (Å²) in [6.07, 6.45) is 0.920. The molecular formula is C26H33N5O4. The van der Waals surface area contributed by atoms with Crippen LogP contribution in [-0.2, 0) is 9.47 Å². The molecule has 1 fully saturated rings. The van der Waals surface area contributed by atoms with Gasteiger partial charge in [-0.2, -0.15) is 0 Å². The molecule has 3 aromatic rings. The van der Waals surface area contributed by atoms with Crippen LogP contribution >= 0.6 is 0 Å². The van der Waals surface area contributed by atoms with Gasteiger partial charge in [-0.3, -0.25) is 0 Å². The van der Waals surface area contributed by atoms with Crippen molar-refractivity contribution in [2.75, 3.05) is 31.1 Å². The molecule has 9 heteroatoms. The average molecular weight is 480 g/mol. The van der Waals surface area contributed by atoms with Gasteiger partial charge in [-0.25, -0.2) is 24.1 Å². The summed E-state index contributed by atoms with van der Waals surface area (Å²) in [7, 11) is 0. The van der Waals surface area contributed by atoms with E-state index in [1.54, 1.807) is 21.7 Å². The van der Waals surface area contributed by atoms with E-state index in [1.165, 1.54) is 0 Å². The van der Waals surface area contributed by atoms with Crippen molar-refractivity contribution in [3.63, 3.8) is 0 Å². The number of para-hydroxylation sites is 1. The van der Waals surface area contributed by atoms with E-state index in [9.17, 15) is 9.59 Å². The number of amides is 1. The second-order valence-electron chi connectivity index (χ2n) is 10.6. The molecule has 4 rings (SSSR count). The Kier molecular flexibility index (Phi) is 6.44. The molecule has 1 aliphatic rings. The van der Waals surface area contributed by atoms with Crippen LogP contribution in [0.1, 0.15) is 41.5 Å². The fourth-order valence-electron chi connectivity index (χ4n) is 3.91. The third kappa shape index (κ3) is 5.72. The number of anilines is 1. The number of fused-ring (bicyclic) bond motifs is 1. The van der Waals surface area contributed by atoms with Gasteiger partial charge >= 0.3 is 12.2 Å². The van der Waals surface area contributed by atoms with Crippen molar-refractivity contribution in [1.29, 1.82) is 0 Å². The molecular weight excluding hydrogens is 446 g/mol. The van der Waals surface area contributed by atoms with Gasteiger partial charge in [0.15, 0.2) is 0 Å². The monoisotopic (exact) mass is 479 g/mol. The molecule has 1 saturated heterocycles. The Hall–Kier alpha value is -3.62. The Morgan fingerprint density at radius 1 is 0.857 bits per heavy atom. The zero-order valence-electron chi connectivity index (χ0n) is 21.2. The highest BCUT2D eigenvalue weighted by Gasteiger charge is 2.28. The molecule has 1 amide bonds. The number of ether oxygens (including phenoxy) is 2. The highest BCUT2D eigenvalue weighted by atomic mass is 16.6. The van der Waals surface area contributed by atoms with Crippen molar-refractivity contribution in [1.82, 2.24) is 19.4 Å². The smallest absolute Gasteiger partial charge is 0.419 e. The van der Waals surface area contributed by atoms with Crippen LogP contribution < -0.4 is 4.90 Å². The van der Waals surface area contributed by atoms with Gasteiger partial charge in [-0.15, -0.1) is 0 Å². The Balaban J connectivity index is 1.59. The summed E-state index contributed by atoms with van der Waals surface area (Å²) in [4.78, 5) is 38.5. The normalized spacial score (nSPS) is 14.8. The van der Waals surface area contributed by atoms with Gasteiger partial charge in [0, 0.05) is 37.8 Å². The molecule has 3 heterocycles. The Morgan fingerprint density at radius 2 is 1.49 bits per heavy atom. The highest BCUT2D eigenvalue weighted by molar-refractivity contribution is 5.95. The first-order valence-electron chi connectivity index (χ1n) is 11.8. The lowest BCUT2D eigenvalue weighted by Gasteiger charge is -2.35. The number of hydrogen-bond acceptors (Lipinski definition) is 7. The number of nitrogens with zero attached hydrogens (tertiary/aromatic N) is 5. The van der Waals surface area contributed by atoms with E-state index >= 15 is 0 Å². The summed E-state index contributed by atoms with van der Waals surface area (Å²) in [6.45, 7) is 13.3. The molecule has 1 aliphatic heterocycles. The molecule has 186 valence electrons. The molecule has 0 atom stereocenters. The van der Waals surface area contributed by atoms with Crippen LogP contribution in [0.4, 0.5) is 15.5 Å². The van der Waals surface area contributed by atoms with E-state index in [1.807, 2.05) is 76.8 Å². The van der Waals surface area contributed by atoms with Gasteiger partial charge in [0.1, 0.15) is 11.2 Å². The number of rotatable bonds is 2. The first kappa shape index (κ1) is 24.5. The minimum Gasteiger partial charge on any atom is -0.444 e. The largest absolute Gasteiger partial charge is 0.444 e. The van der Waals surface area contributed by atoms with Crippen LogP contribution in [0, 0.1) is 0 Å². The Bertz CT molecular complexity index is 1230. The van der Waals surface area contributed by atoms with Gasteiger partial charge in [-0.1, -0.05) is 18.2 Å². The lowest BCUT2D eigenvalue weighted by Crippen LogP contribution is -2.50. The van der Waals surface area contributed by atoms with Crippen LogP contribution in [0.2, 0.25) is 0 Å². The van der Waals surface area contributed by atoms with Gasteiger partial charge in [0.2, 0.25) is 5.95 Å². The van der Waals surface area contributed by atoms with E-state index in [4.69, 9.17) is 14.5 Å². The second kappa shape index (κ2) is 9.20. The van der Waals surface area contributed by atoms with E-state index in [2.05, 4.69) is 4.98 Å². The molecule has 0 radical (unpaired) electrons. The summed E-state index contributed by atoms with van der Waals surface area (Å²) in [5, 5.41) is 0.916. The van der Waals surface area contributed by atoms with Crippen LogP contribution in [0.25, 0.3) is 22.3 Å². The zero-order valence-corrected chi connectivity index (χ0v) is 21.2. The lowest BCUT2D eigenvalue weighted by atomic mass is 10.2. The molecule has 9 nitrogen and oxygen atoms in total. The maximum atomic E-state index is 13.2. The zero-order chi connectivity index (χ0) is 25.4. The molecule has 0 N–H and O–H groups in total. The van der Waals surface area contributed by atoms with Crippen LogP contribution in [-0.4, -0.2) is 69.0 Å². The maximum absolute atomic E-state index is 13.2. The molecule has 0 saturated carbocycles. The van der Waals surface area contributed by atoms with Crippen molar-refractivity contribution in [3.8, 4) is 11.4 Å². The summed E-state index contributed by atoms with van der Waals surface area (Å²) in [6, 6.07) is 11.4. The van der Waals surface area contributed by atoms with Crippen molar-refractivity contribution in [3.05, 3.63) is 42.6 Å². The maximum Gasteiger partial charge on any atom is 0.419 e. The quantitative estimate of drug-likeness (QED) is 0.514. The van der Waals surface area contributed by atoms with Crippen LogP contribution in [0.5, 0.6) is 0 Å².